The Kier molecular flexibility index (Phi) is 3.88. The van der Waals surface area contributed by atoms with Crippen LogP contribution in [-0.2, 0) is 12.8 Å². The maximum Gasteiger partial charge on any atom is 0.0855 e. The van der Waals surface area contributed by atoms with Crippen LogP contribution in [0.5, 0.6) is 0 Å². The Morgan fingerprint density at radius 2 is 2.11 bits per heavy atom. The Morgan fingerprint density at radius 3 is 2.67 bits per heavy atom. The molecule has 0 atom stereocenters. The number of hydrogen-bond donors (Lipinski definition) is 1. The zero-order valence-electron chi connectivity index (χ0n) is 10.7. The van der Waals surface area contributed by atoms with Crippen molar-refractivity contribution in [1.82, 2.24) is 9.78 Å². The molecule has 96 valence electrons. The van der Waals surface area contributed by atoms with Crippen LogP contribution in [0.4, 0.5) is 5.69 Å². The Bertz CT molecular complexity index is 578. The van der Waals surface area contributed by atoms with Crippen LogP contribution >= 0.6 is 23.4 Å². The summed E-state index contributed by atoms with van der Waals surface area (Å²) in [6.45, 7) is 3.99. The molecule has 0 aliphatic carbocycles. The standard InChI is InChI=1S/C13H16ClN3S/c1-8-6-10(15)4-5-12(8)18-7-11-13(14)9(2)16-17(11)3/h4-6H,7,15H2,1-3H3. The molecule has 5 heteroatoms. The fourth-order valence-corrected chi connectivity index (χ4v) is 3.20. The van der Waals surface area contributed by atoms with Crippen molar-refractivity contribution in [3.63, 3.8) is 0 Å². The number of thioether (sulfide) groups is 1. The number of benzene rings is 1. The van der Waals surface area contributed by atoms with Crippen LogP contribution in [0.3, 0.4) is 0 Å². The molecule has 1 heterocycles. The summed E-state index contributed by atoms with van der Waals surface area (Å²) in [6, 6.07) is 5.95. The predicted octanol–water partition coefficient (Wildman–Crippen LogP) is 3.56. The lowest BCUT2D eigenvalue weighted by atomic mass is 10.2. The monoisotopic (exact) mass is 281 g/mol. The molecule has 1 aromatic carbocycles. The second kappa shape index (κ2) is 5.24. The smallest absolute Gasteiger partial charge is 0.0855 e. The summed E-state index contributed by atoms with van der Waals surface area (Å²) in [5, 5.41) is 5.07. The van der Waals surface area contributed by atoms with Gasteiger partial charge in [0.1, 0.15) is 0 Å². The van der Waals surface area contributed by atoms with Crippen LogP contribution in [0.1, 0.15) is 17.0 Å². The van der Waals surface area contributed by atoms with Gasteiger partial charge in [-0.2, -0.15) is 5.10 Å². The molecule has 18 heavy (non-hydrogen) atoms. The average molecular weight is 282 g/mol. The van der Waals surface area contributed by atoms with Gasteiger partial charge in [0.05, 0.1) is 16.4 Å². The number of anilines is 1. The lowest BCUT2D eigenvalue weighted by Gasteiger charge is -2.07. The third-order valence-corrected chi connectivity index (χ3v) is 4.50. The molecule has 0 saturated carbocycles. The fraction of sp³-hybridized carbons (Fsp3) is 0.308. The Hall–Kier alpha value is -1.13. The van der Waals surface area contributed by atoms with Crippen molar-refractivity contribution in [3.8, 4) is 0 Å². The number of aromatic nitrogens is 2. The first-order chi connectivity index (χ1) is 8.49. The van der Waals surface area contributed by atoms with Gasteiger partial charge in [-0.05, 0) is 37.6 Å². The van der Waals surface area contributed by atoms with Crippen molar-refractivity contribution in [1.29, 1.82) is 0 Å². The zero-order valence-corrected chi connectivity index (χ0v) is 12.3. The van der Waals surface area contributed by atoms with Crippen LogP contribution in [0.25, 0.3) is 0 Å². The molecule has 0 spiro atoms. The van der Waals surface area contributed by atoms with Gasteiger partial charge in [0.2, 0.25) is 0 Å². The van der Waals surface area contributed by atoms with Crippen LogP contribution in [0.15, 0.2) is 23.1 Å². The minimum absolute atomic E-state index is 0.762. The summed E-state index contributed by atoms with van der Waals surface area (Å²) >= 11 is 7.98. The molecule has 2 aromatic rings. The van der Waals surface area contributed by atoms with Crippen LogP contribution < -0.4 is 5.73 Å². The van der Waals surface area contributed by atoms with Gasteiger partial charge in [0, 0.05) is 23.4 Å². The van der Waals surface area contributed by atoms with Crippen molar-refractivity contribution in [2.45, 2.75) is 24.5 Å². The molecule has 0 fully saturated rings. The largest absolute Gasteiger partial charge is 0.399 e. The van der Waals surface area contributed by atoms with Crippen molar-refractivity contribution >= 4 is 29.1 Å². The molecule has 2 rings (SSSR count). The predicted molar refractivity (Wildman–Crippen MR) is 78.1 cm³/mol. The highest BCUT2D eigenvalue weighted by atomic mass is 35.5. The number of nitrogens with zero attached hydrogens (tertiary/aromatic N) is 2. The van der Waals surface area contributed by atoms with E-state index in [-0.39, 0.29) is 0 Å². The van der Waals surface area contributed by atoms with E-state index in [2.05, 4.69) is 12.0 Å². The van der Waals surface area contributed by atoms with E-state index in [9.17, 15) is 0 Å². The molecule has 0 saturated heterocycles. The maximum absolute atomic E-state index is 6.23. The summed E-state index contributed by atoms with van der Waals surface area (Å²) in [4.78, 5) is 1.22. The SMILES string of the molecule is Cc1cc(N)ccc1SCc1c(Cl)c(C)nn1C. The van der Waals surface area contributed by atoms with Crippen molar-refractivity contribution in [2.24, 2.45) is 7.05 Å². The number of aryl methyl sites for hydroxylation is 3. The molecule has 3 nitrogen and oxygen atoms in total. The summed E-state index contributed by atoms with van der Waals surface area (Å²) < 4.78 is 1.84. The van der Waals surface area contributed by atoms with Crippen molar-refractivity contribution in [2.75, 3.05) is 5.73 Å². The van der Waals surface area contributed by atoms with E-state index in [1.807, 2.05) is 36.9 Å². The third kappa shape index (κ3) is 2.65. The van der Waals surface area contributed by atoms with Gasteiger partial charge in [-0.15, -0.1) is 11.8 Å². The number of nitrogen functional groups attached to an aromatic ring is 1. The highest BCUT2D eigenvalue weighted by molar-refractivity contribution is 7.98. The lowest BCUT2D eigenvalue weighted by Crippen LogP contribution is -1.97. The molecular weight excluding hydrogens is 266 g/mol. The molecular formula is C13H16ClN3S. The maximum atomic E-state index is 6.23. The zero-order chi connectivity index (χ0) is 13.3. The first-order valence-electron chi connectivity index (χ1n) is 5.66. The van der Waals surface area contributed by atoms with E-state index < -0.39 is 0 Å². The van der Waals surface area contributed by atoms with Gasteiger partial charge >= 0.3 is 0 Å². The van der Waals surface area contributed by atoms with Gasteiger partial charge in [0.25, 0.3) is 0 Å². The molecule has 1 aromatic heterocycles. The van der Waals surface area contributed by atoms with Crippen LogP contribution in [-0.4, -0.2) is 9.78 Å². The van der Waals surface area contributed by atoms with Crippen LogP contribution in [0, 0.1) is 13.8 Å². The van der Waals surface area contributed by atoms with Gasteiger partial charge in [-0.3, -0.25) is 4.68 Å². The lowest BCUT2D eigenvalue weighted by molar-refractivity contribution is 0.727. The first kappa shape index (κ1) is 13.3. The van der Waals surface area contributed by atoms with E-state index in [1.165, 1.54) is 10.5 Å². The highest BCUT2D eigenvalue weighted by Crippen LogP contribution is 2.30. The fourth-order valence-electron chi connectivity index (χ4n) is 1.82. The van der Waals surface area contributed by atoms with E-state index in [0.717, 1.165) is 27.9 Å². The second-order valence-electron chi connectivity index (χ2n) is 4.28. The van der Waals surface area contributed by atoms with E-state index in [1.54, 1.807) is 11.8 Å². The van der Waals surface area contributed by atoms with E-state index in [4.69, 9.17) is 17.3 Å². The Morgan fingerprint density at radius 1 is 1.39 bits per heavy atom. The normalized spacial score (nSPS) is 10.9. The second-order valence-corrected chi connectivity index (χ2v) is 5.68. The van der Waals surface area contributed by atoms with E-state index in [0.29, 0.717) is 0 Å². The molecule has 0 aliphatic rings. The molecule has 0 unspecified atom stereocenters. The van der Waals surface area contributed by atoms with E-state index >= 15 is 0 Å². The van der Waals surface area contributed by atoms with Crippen LogP contribution in [0.2, 0.25) is 5.02 Å². The topological polar surface area (TPSA) is 43.8 Å². The number of hydrogen-bond acceptors (Lipinski definition) is 3. The third-order valence-electron chi connectivity index (χ3n) is 2.83. The number of rotatable bonds is 3. The van der Waals surface area contributed by atoms with Gasteiger partial charge in [0.15, 0.2) is 0 Å². The minimum atomic E-state index is 0.762. The summed E-state index contributed by atoms with van der Waals surface area (Å²) in [7, 11) is 1.92. The molecule has 0 bridgehead atoms. The summed E-state index contributed by atoms with van der Waals surface area (Å²) in [5.74, 6) is 0.806. The summed E-state index contributed by atoms with van der Waals surface area (Å²) in [5.41, 5.74) is 9.66. The van der Waals surface area contributed by atoms with Crippen molar-refractivity contribution in [3.05, 3.63) is 40.2 Å². The Labute approximate surface area is 116 Å². The average Bonchev–Trinajstić information content (AvgIpc) is 2.53. The minimum Gasteiger partial charge on any atom is -0.399 e. The van der Waals surface area contributed by atoms with Crippen molar-refractivity contribution < 1.29 is 0 Å². The number of halogens is 1. The van der Waals surface area contributed by atoms with Gasteiger partial charge in [-0.1, -0.05) is 11.6 Å². The highest BCUT2D eigenvalue weighted by Gasteiger charge is 2.11. The molecule has 0 radical (unpaired) electrons. The Balaban J connectivity index is 2.16. The summed E-state index contributed by atoms with van der Waals surface area (Å²) in [6.07, 6.45) is 0. The molecule has 0 amide bonds. The molecule has 2 N–H and O–H groups in total. The number of nitrogens with two attached hydrogens (primary N) is 1. The van der Waals surface area contributed by atoms with Gasteiger partial charge in [-0.25, -0.2) is 0 Å². The first-order valence-corrected chi connectivity index (χ1v) is 7.02. The quantitative estimate of drug-likeness (QED) is 0.691. The molecule has 0 aliphatic heterocycles. The van der Waals surface area contributed by atoms with Gasteiger partial charge < -0.3 is 5.73 Å².